The van der Waals surface area contributed by atoms with Gasteiger partial charge in [-0.2, -0.15) is 0 Å². The van der Waals surface area contributed by atoms with Gasteiger partial charge in [-0.05, 0) is 49.2 Å². The van der Waals surface area contributed by atoms with Gasteiger partial charge in [-0.15, -0.1) is 11.3 Å². The van der Waals surface area contributed by atoms with Crippen LogP contribution >= 0.6 is 11.3 Å². The van der Waals surface area contributed by atoms with E-state index in [1.54, 1.807) is 17.4 Å². The third-order valence-corrected chi connectivity index (χ3v) is 4.64. The molecule has 0 aliphatic rings. The first-order chi connectivity index (χ1) is 11.6. The standard InChI is InChI=1S/C18H18N2O3S/c1-11-5-4-6-15-17(11)20-16(24-15)10-23-13-7-8-14(12(2)9-13)19-18(21)22-3/h4-9H,10H2,1-3H3,(H,19,21). The van der Waals surface area contributed by atoms with Crippen molar-refractivity contribution in [2.75, 3.05) is 12.4 Å². The molecule has 0 saturated heterocycles. The van der Waals surface area contributed by atoms with E-state index in [0.29, 0.717) is 12.3 Å². The number of hydrogen-bond donors (Lipinski definition) is 1. The number of carbonyl (C=O) groups is 1. The van der Waals surface area contributed by atoms with Crippen molar-refractivity contribution in [3.63, 3.8) is 0 Å². The van der Waals surface area contributed by atoms with Crippen molar-refractivity contribution < 1.29 is 14.3 Å². The van der Waals surface area contributed by atoms with Crippen molar-refractivity contribution in [2.24, 2.45) is 0 Å². The highest BCUT2D eigenvalue weighted by molar-refractivity contribution is 7.18. The number of rotatable bonds is 4. The minimum Gasteiger partial charge on any atom is -0.486 e. The number of anilines is 1. The maximum absolute atomic E-state index is 11.3. The number of carbonyl (C=O) groups excluding carboxylic acids is 1. The lowest BCUT2D eigenvalue weighted by molar-refractivity contribution is 0.187. The van der Waals surface area contributed by atoms with Crippen LogP contribution in [0.4, 0.5) is 10.5 Å². The van der Waals surface area contributed by atoms with Crippen LogP contribution in [0, 0.1) is 13.8 Å². The molecule has 2 aromatic carbocycles. The van der Waals surface area contributed by atoms with Crippen molar-refractivity contribution in [3.8, 4) is 5.75 Å². The van der Waals surface area contributed by atoms with Crippen molar-refractivity contribution in [3.05, 3.63) is 52.5 Å². The predicted octanol–water partition coefficient (Wildman–Crippen LogP) is 4.67. The van der Waals surface area contributed by atoms with Gasteiger partial charge < -0.3 is 9.47 Å². The Morgan fingerprint density at radius 1 is 1.21 bits per heavy atom. The average Bonchev–Trinajstić information content (AvgIpc) is 2.99. The lowest BCUT2D eigenvalue weighted by Gasteiger charge is -2.10. The zero-order chi connectivity index (χ0) is 17.1. The predicted molar refractivity (Wildman–Crippen MR) is 95.9 cm³/mol. The maximum atomic E-state index is 11.3. The summed E-state index contributed by atoms with van der Waals surface area (Å²) in [6.45, 7) is 4.38. The first-order valence-electron chi connectivity index (χ1n) is 7.50. The fourth-order valence-corrected chi connectivity index (χ4v) is 3.32. The summed E-state index contributed by atoms with van der Waals surface area (Å²) in [6.07, 6.45) is -0.489. The number of fused-ring (bicyclic) bond motifs is 1. The minimum absolute atomic E-state index is 0.419. The molecule has 6 heteroatoms. The van der Waals surface area contributed by atoms with E-state index in [1.807, 2.05) is 25.1 Å². The SMILES string of the molecule is COC(=O)Nc1ccc(OCc2nc3c(C)cccc3s2)cc1C. The van der Waals surface area contributed by atoms with E-state index in [1.165, 1.54) is 17.4 Å². The Hall–Kier alpha value is -2.60. The molecule has 3 aromatic rings. The van der Waals surface area contributed by atoms with Gasteiger partial charge in [0.25, 0.3) is 0 Å². The third kappa shape index (κ3) is 3.49. The molecule has 1 amide bonds. The van der Waals surface area contributed by atoms with Crippen molar-refractivity contribution in [1.29, 1.82) is 0 Å². The Balaban J connectivity index is 1.70. The molecule has 1 N–H and O–H groups in total. The molecule has 0 atom stereocenters. The lowest BCUT2D eigenvalue weighted by atomic mass is 10.2. The van der Waals surface area contributed by atoms with E-state index in [-0.39, 0.29) is 0 Å². The Morgan fingerprint density at radius 3 is 2.75 bits per heavy atom. The largest absolute Gasteiger partial charge is 0.486 e. The summed E-state index contributed by atoms with van der Waals surface area (Å²) in [6, 6.07) is 11.7. The lowest BCUT2D eigenvalue weighted by Crippen LogP contribution is -2.11. The Morgan fingerprint density at radius 2 is 2.04 bits per heavy atom. The molecule has 3 rings (SSSR count). The molecular weight excluding hydrogens is 324 g/mol. The number of para-hydroxylation sites is 1. The first kappa shape index (κ1) is 16.3. The summed E-state index contributed by atoms with van der Waals surface area (Å²) in [5.74, 6) is 0.735. The van der Waals surface area contributed by atoms with Crippen molar-refractivity contribution in [2.45, 2.75) is 20.5 Å². The Kier molecular flexibility index (Phi) is 4.66. The molecule has 1 heterocycles. The number of nitrogens with one attached hydrogen (secondary N) is 1. The third-order valence-electron chi connectivity index (χ3n) is 3.65. The van der Waals surface area contributed by atoms with Gasteiger partial charge in [-0.3, -0.25) is 5.32 Å². The molecule has 0 bridgehead atoms. The quantitative estimate of drug-likeness (QED) is 0.748. The number of nitrogens with zero attached hydrogens (tertiary/aromatic N) is 1. The summed E-state index contributed by atoms with van der Waals surface area (Å²) in [5.41, 5.74) is 3.81. The normalized spacial score (nSPS) is 10.6. The number of ether oxygens (including phenoxy) is 2. The summed E-state index contributed by atoms with van der Waals surface area (Å²) in [7, 11) is 1.34. The average molecular weight is 342 g/mol. The minimum atomic E-state index is -0.489. The molecular formula is C18H18N2O3S. The van der Waals surface area contributed by atoms with E-state index in [0.717, 1.165) is 21.8 Å². The molecule has 1 aromatic heterocycles. The number of aryl methyl sites for hydroxylation is 2. The zero-order valence-electron chi connectivity index (χ0n) is 13.8. The van der Waals surface area contributed by atoms with Gasteiger partial charge >= 0.3 is 6.09 Å². The fraction of sp³-hybridized carbons (Fsp3) is 0.222. The second-order valence-electron chi connectivity index (χ2n) is 5.41. The monoisotopic (exact) mass is 342 g/mol. The maximum Gasteiger partial charge on any atom is 0.411 e. The number of thiazole rings is 1. The summed E-state index contributed by atoms with van der Waals surface area (Å²) in [5, 5.41) is 3.60. The smallest absolute Gasteiger partial charge is 0.411 e. The Bertz CT molecular complexity index is 889. The number of hydrogen-bond acceptors (Lipinski definition) is 5. The number of amides is 1. The molecule has 0 saturated carbocycles. The van der Waals surface area contributed by atoms with E-state index >= 15 is 0 Å². The molecule has 0 fully saturated rings. The van der Waals surface area contributed by atoms with E-state index in [2.05, 4.69) is 34.1 Å². The molecule has 0 spiro atoms. The van der Waals surface area contributed by atoms with Crippen LogP contribution in [0.3, 0.4) is 0 Å². The van der Waals surface area contributed by atoms with E-state index < -0.39 is 6.09 Å². The number of benzene rings is 2. The second-order valence-corrected chi connectivity index (χ2v) is 6.53. The highest BCUT2D eigenvalue weighted by atomic mass is 32.1. The van der Waals surface area contributed by atoms with E-state index in [9.17, 15) is 4.79 Å². The second kappa shape index (κ2) is 6.88. The number of aromatic nitrogens is 1. The van der Waals surface area contributed by atoms with Gasteiger partial charge in [0.15, 0.2) is 0 Å². The van der Waals surface area contributed by atoms with Gasteiger partial charge in [0.05, 0.1) is 17.3 Å². The van der Waals surface area contributed by atoms with Gasteiger partial charge in [0, 0.05) is 5.69 Å². The topological polar surface area (TPSA) is 60.5 Å². The molecule has 0 aliphatic heterocycles. The summed E-state index contributed by atoms with van der Waals surface area (Å²) >= 11 is 1.64. The van der Waals surface area contributed by atoms with Gasteiger partial charge in [-0.1, -0.05) is 12.1 Å². The zero-order valence-corrected chi connectivity index (χ0v) is 14.6. The first-order valence-corrected chi connectivity index (χ1v) is 8.32. The van der Waals surface area contributed by atoms with Crippen LogP contribution in [0.5, 0.6) is 5.75 Å². The van der Waals surface area contributed by atoms with Gasteiger partial charge in [0.2, 0.25) is 0 Å². The van der Waals surface area contributed by atoms with Crippen molar-refractivity contribution in [1.82, 2.24) is 4.98 Å². The Labute approximate surface area is 144 Å². The number of methoxy groups -OCH3 is 1. The van der Waals surface area contributed by atoms with Crippen LogP contribution < -0.4 is 10.1 Å². The summed E-state index contributed by atoms with van der Waals surface area (Å²) in [4.78, 5) is 15.9. The van der Waals surface area contributed by atoms with Crippen LogP contribution in [-0.2, 0) is 11.3 Å². The van der Waals surface area contributed by atoms with Crippen LogP contribution in [0.25, 0.3) is 10.2 Å². The molecule has 0 unspecified atom stereocenters. The molecule has 0 aliphatic carbocycles. The highest BCUT2D eigenvalue weighted by Crippen LogP contribution is 2.26. The molecule has 24 heavy (non-hydrogen) atoms. The fourth-order valence-electron chi connectivity index (χ4n) is 2.37. The van der Waals surface area contributed by atoms with Crippen LogP contribution in [0.15, 0.2) is 36.4 Å². The van der Waals surface area contributed by atoms with Crippen LogP contribution in [0.2, 0.25) is 0 Å². The molecule has 0 radical (unpaired) electrons. The molecule has 124 valence electrons. The van der Waals surface area contributed by atoms with E-state index in [4.69, 9.17) is 4.74 Å². The summed E-state index contributed by atoms with van der Waals surface area (Å²) < 4.78 is 11.6. The van der Waals surface area contributed by atoms with Gasteiger partial charge in [-0.25, -0.2) is 9.78 Å². The van der Waals surface area contributed by atoms with Crippen LogP contribution in [0.1, 0.15) is 16.1 Å². The molecule has 5 nitrogen and oxygen atoms in total. The van der Waals surface area contributed by atoms with Gasteiger partial charge in [0.1, 0.15) is 17.4 Å². The highest BCUT2D eigenvalue weighted by Gasteiger charge is 2.08. The van der Waals surface area contributed by atoms with Crippen LogP contribution in [-0.4, -0.2) is 18.2 Å². The van der Waals surface area contributed by atoms with Crippen molar-refractivity contribution >= 4 is 33.3 Å².